The van der Waals surface area contributed by atoms with Crippen molar-refractivity contribution < 1.29 is 4.79 Å². The molecular weight excluding hydrogens is 268 g/mol. The van der Waals surface area contributed by atoms with E-state index in [0.29, 0.717) is 18.0 Å². The molecule has 7 nitrogen and oxygen atoms in total. The molecule has 1 aromatic carbocycles. The van der Waals surface area contributed by atoms with Gasteiger partial charge >= 0.3 is 0 Å². The summed E-state index contributed by atoms with van der Waals surface area (Å²) in [6, 6.07) is 7.08. The van der Waals surface area contributed by atoms with Crippen LogP contribution in [-0.2, 0) is 0 Å². The van der Waals surface area contributed by atoms with Gasteiger partial charge in [-0.25, -0.2) is 4.68 Å². The zero-order chi connectivity index (χ0) is 15.2. The standard InChI is InChI=1S/C14H20N6O/c1-10(2)7-12(8-15)17-14(21)11-3-5-13(6-4-11)20-9-16-18-19-20/h3-6,9-10,12H,7-8,15H2,1-2H3,(H,17,21). The Kier molecular flexibility index (Phi) is 4.99. The van der Waals surface area contributed by atoms with Crippen LogP contribution in [0.2, 0.25) is 0 Å². The lowest BCUT2D eigenvalue weighted by atomic mass is 10.0. The number of amides is 1. The van der Waals surface area contributed by atoms with E-state index in [4.69, 9.17) is 5.73 Å². The van der Waals surface area contributed by atoms with Gasteiger partial charge in [-0.3, -0.25) is 4.79 Å². The number of carbonyl (C=O) groups is 1. The molecule has 0 spiro atoms. The predicted octanol–water partition coefficient (Wildman–Crippen LogP) is 0.766. The lowest BCUT2D eigenvalue weighted by molar-refractivity contribution is 0.0934. The second-order valence-corrected chi connectivity index (χ2v) is 5.34. The third-order valence-corrected chi connectivity index (χ3v) is 3.12. The average Bonchev–Trinajstić information content (AvgIpc) is 3.00. The Bertz CT molecular complexity index is 564. The summed E-state index contributed by atoms with van der Waals surface area (Å²) in [6.07, 6.45) is 2.37. The fourth-order valence-electron chi connectivity index (χ4n) is 2.10. The lowest BCUT2D eigenvalue weighted by Gasteiger charge is -2.18. The lowest BCUT2D eigenvalue weighted by Crippen LogP contribution is -2.41. The van der Waals surface area contributed by atoms with Crippen molar-refractivity contribution >= 4 is 5.91 Å². The minimum absolute atomic E-state index is 0.00306. The van der Waals surface area contributed by atoms with Gasteiger partial charge in [0, 0.05) is 18.2 Å². The molecule has 3 N–H and O–H groups in total. The summed E-state index contributed by atoms with van der Waals surface area (Å²) in [5.74, 6) is 0.371. The van der Waals surface area contributed by atoms with Crippen molar-refractivity contribution in [2.24, 2.45) is 11.7 Å². The highest BCUT2D eigenvalue weighted by Crippen LogP contribution is 2.09. The summed E-state index contributed by atoms with van der Waals surface area (Å²) in [6.45, 7) is 4.65. The highest BCUT2D eigenvalue weighted by Gasteiger charge is 2.13. The fraction of sp³-hybridized carbons (Fsp3) is 0.429. The van der Waals surface area contributed by atoms with E-state index in [2.05, 4.69) is 34.7 Å². The van der Waals surface area contributed by atoms with Gasteiger partial charge < -0.3 is 11.1 Å². The molecule has 0 aliphatic heterocycles. The van der Waals surface area contributed by atoms with Crippen LogP contribution >= 0.6 is 0 Å². The molecule has 1 atom stereocenters. The smallest absolute Gasteiger partial charge is 0.251 e. The summed E-state index contributed by atoms with van der Waals surface area (Å²) in [5.41, 5.74) is 7.09. The number of tetrazole rings is 1. The first-order valence-electron chi connectivity index (χ1n) is 6.94. The van der Waals surface area contributed by atoms with E-state index in [1.165, 1.54) is 11.0 Å². The summed E-state index contributed by atoms with van der Waals surface area (Å²) in [7, 11) is 0. The van der Waals surface area contributed by atoms with E-state index in [9.17, 15) is 4.79 Å². The normalized spacial score (nSPS) is 12.4. The molecule has 0 aliphatic carbocycles. The number of aromatic nitrogens is 4. The van der Waals surface area contributed by atoms with E-state index in [0.717, 1.165) is 12.1 Å². The van der Waals surface area contributed by atoms with Gasteiger partial charge in [-0.2, -0.15) is 0 Å². The van der Waals surface area contributed by atoms with Crippen LogP contribution in [0.5, 0.6) is 0 Å². The quantitative estimate of drug-likeness (QED) is 0.818. The van der Waals surface area contributed by atoms with Crippen LogP contribution in [-0.4, -0.2) is 38.7 Å². The molecule has 1 amide bonds. The number of nitrogens with two attached hydrogens (primary N) is 1. The highest BCUT2D eigenvalue weighted by molar-refractivity contribution is 5.94. The molecule has 0 bridgehead atoms. The number of benzene rings is 1. The van der Waals surface area contributed by atoms with Crippen molar-refractivity contribution in [2.45, 2.75) is 26.3 Å². The van der Waals surface area contributed by atoms with Crippen molar-refractivity contribution in [1.29, 1.82) is 0 Å². The SMILES string of the molecule is CC(C)CC(CN)NC(=O)c1ccc(-n2cnnn2)cc1. The molecule has 2 rings (SSSR count). The monoisotopic (exact) mass is 288 g/mol. The zero-order valence-electron chi connectivity index (χ0n) is 12.2. The van der Waals surface area contributed by atoms with Crippen LogP contribution < -0.4 is 11.1 Å². The van der Waals surface area contributed by atoms with Crippen molar-refractivity contribution in [3.8, 4) is 5.69 Å². The second-order valence-electron chi connectivity index (χ2n) is 5.34. The Morgan fingerprint density at radius 1 is 1.33 bits per heavy atom. The second kappa shape index (κ2) is 6.94. The van der Waals surface area contributed by atoms with Gasteiger partial charge in [-0.1, -0.05) is 13.8 Å². The Morgan fingerprint density at radius 3 is 2.57 bits per heavy atom. The third kappa shape index (κ3) is 4.09. The number of hydrogen-bond acceptors (Lipinski definition) is 5. The molecule has 0 fully saturated rings. The van der Waals surface area contributed by atoms with Gasteiger partial charge in [-0.05, 0) is 47.0 Å². The Balaban J connectivity index is 2.02. The van der Waals surface area contributed by atoms with Gasteiger partial charge in [0.25, 0.3) is 5.91 Å². The fourth-order valence-corrected chi connectivity index (χ4v) is 2.10. The van der Waals surface area contributed by atoms with Crippen molar-refractivity contribution in [3.05, 3.63) is 36.2 Å². The largest absolute Gasteiger partial charge is 0.348 e. The van der Waals surface area contributed by atoms with Crippen LogP contribution in [0.15, 0.2) is 30.6 Å². The molecule has 1 unspecified atom stereocenters. The Hall–Kier alpha value is -2.28. The van der Waals surface area contributed by atoms with Crippen molar-refractivity contribution in [3.63, 3.8) is 0 Å². The molecule has 1 aromatic heterocycles. The molecular formula is C14H20N6O. The Morgan fingerprint density at radius 2 is 2.05 bits per heavy atom. The van der Waals surface area contributed by atoms with Crippen LogP contribution in [0, 0.1) is 5.92 Å². The number of rotatable bonds is 6. The molecule has 0 saturated heterocycles. The van der Waals surface area contributed by atoms with Crippen LogP contribution in [0.4, 0.5) is 0 Å². The molecule has 0 saturated carbocycles. The first-order valence-corrected chi connectivity index (χ1v) is 6.94. The minimum Gasteiger partial charge on any atom is -0.348 e. The Labute approximate surface area is 123 Å². The number of nitrogens with zero attached hydrogens (tertiary/aromatic N) is 4. The average molecular weight is 288 g/mol. The van der Waals surface area contributed by atoms with E-state index in [-0.39, 0.29) is 11.9 Å². The summed E-state index contributed by atoms with van der Waals surface area (Å²) in [4.78, 5) is 12.2. The van der Waals surface area contributed by atoms with Gasteiger partial charge in [-0.15, -0.1) is 5.10 Å². The number of carbonyl (C=O) groups excluding carboxylic acids is 1. The van der Waals surface area contributed by atoms with Gasteiger partial charge in [0.1, 0.15) is 6.33 Å². The third-order valence-electron chi connectivity index (χ3n) is 3.12. The molecule has 21 heavy (non-hydrogen) atoms. The molecule has 7 heteroatoms. The summed E-state index contributed by atoms with van der Waals surface area (Å²) in [5, 5.41) is 13.9. The van der Waals surface area contributed by atoms with E-state index >= 15 is 0 Å². The van der Waals surface area contributed by atoms with E-state index in [1.807, 2.05) is 0 Å². The summed E-state index contributed by atoms with van der Waals surface area (Å²) >= 11 is 0. The van der Waals surface area contributed by atoms with Crippen LogP contribution in [0.1, 0.15) is 30.6 Å². The molecule has 112 valence electrons. The highest BCUT2D eigenvalue weighted by atomic mass is 16.1. The summed E-state index contributed by atoms with van der Waals surface area (Å²) < 4.78 is 1.53. The first-order chi connectivity index (χ1) is 10.1. The van der Waals surface area contributed by atoms with Gasteiger partial charge in [0.2, 0.25) is 0 Å². The maximum Gasteiger partial charge on any atom is 0.251 e. The van der Waals surface area contributed by atoms with E-state index in [1.54, 1.807) is 24.3 Å². The predicted molar refractivity (Wildman–Crippen MR) is 78.9 cm³/mol. The minimum atomic E-state index is -0.116. The maximum atomic E-state index is 12.2. The zero-order valence-corrected chi connectivity index (χ0v) is 12.2. The topological polar surface area (TPSA) is 98.7 Å². The van der Waals surface area contributed by atoms with Crippen molar-refractivity contribution in [1.82, 2.24) is 25.5 Å². The maximum absolute atomic E-state index is 12.2. The number of nitrogens with one attached hydrogen (secondary N) is 1. The van der Waals surface area contributed by atoms with Crippen LogP contribution in [0.25, 0.3) is 5.69 Å². The van der Waals surface area contributed by atoms with Gasteiger partial charge in [0.15, 0.2) is 0 Å². The molecule has 1 heterocycles. The molecule has 0 aliphatic rings. The van der Waals surface area contributed by atoms with E-state index < -0.39 is 0 Å². The molecule has 0 radical (unpaired) electrons. The van der Waals surface area contributed by atoms with Crippen molar-refractivity contribution in [2.75, 3.05) is 6.54 Å². The van der Waals surface area contributed by atoms with Gasteiger partial charge in [0.05, 0.1) is 5.69 Å². The first kappa shape index (κ1) is 15.1. The molecule has 2 aromatic rings. The number of hydrogen-bond donors (Lipinski definition) is 2. The van der Waals surface area contributed by atoms with Crippen LogP contribution in [0.3, 0.4) is 0 Å².